The zero-order valence-electron chi connectivity index (χ0n) is 17.4. The number of aromatic nitrogens is 2. The SMILES string of the molecule is O=C(Cn1cc(C=C2SC(=S)N(Cc3cccnc3)C2=O)c2ccccc21)N1CCCC1. The first-order valence-electron chi connectivity index (χ1n) is 10.6. The van der Waals surface area contributed by atoms with Gasteiger partial charge < -0.3 is 9.47 Å². The van der Waals surface area contributed by atoms with E-state index in [9.17, 15) is 9.59 Å². The molecule has 2 saturated heterocycles. The number of amides is 2. The predicted octanol–water partition coefficient (Wildman–Crippen LogP) is 4.06. The highest BCUT2D eigenvalue weighted by molar-refractivity contribution is 8.26. The van der Waals surface area contributed by atoms with Gasteiger partial charge in [-0.2, -0.15) is 0 Å². The number of thiocarbonyl (C=S) groups is 1. The lowest BCUT2D eigenvalue weighted by Gasteiger charge is -2.15. The number of fused-ring (bicyclic) bond motifs is 1. The number of benzene rings is 1. The summed E-state index contributed by atoms with van der Waals surface area (Å²) in [6.45, 7) is 2.38. The highest BCUT2D eigenvalue weighted by atomic mass is 32.2. The van der Waals surface area contributed by atoms with Crippen molar-refractivity contribution in [3.63, 3.8) is 0 Å². The van der Waals surface area contributed by atoms with Crippen molar-refractivity contribution in [3.8, 4) is 0 Å². The van der Waals surface area contributed by atoms with Crippen LogP contribution in [0.4, 0.5) is 0 Å². The number of rotatable bonds is 5. The number of pyridine rings is 1. The third-order valence-electron chi connectivity index (χ3n) is 5.81. The van der Waals surface area contributed by atoms with Crippen LogP contribution in [-0.4, -0.2) is 48.6 Å². The van der Waals surface area contributed by atoms with E-state index in [0.29, 0.717) is 22.3 Å². The lowest BCUT2D eigenvalue weighted by molar-refractivity contribution is -0.130. The molecule has 2 aromatic heterocycles. The third-order valence-corrected chi connectivity index (χ3v) is 7.19. The van der Waals surface area contributed by atoms with Crippen molar-refractivity contribution in [1.29, 1.82) is 0 Å². The maximum atomic E-state index is 13.1. The van der Waals surface area contributed by atoms with Gasteiger partial charge in [0.05, 0.1) is 11.4 Å². The molecule has 2 amide bonds. The Labute approximate surface area is 195 Å². The molecule has 8 heteroatoms. The van der Waals surface area contributed by atoms with Crippen molar-refractivity contribution >= 4 is 57.1 Å². The van der Waals surface area contributed by atoms with Crippen LogP contribution in [-0.2, 0) is 22.7 Å². The van der Waals surface area contributed by atoms with Crippen LogP contribution in [0.2, 0.25) is 0 Å². The fourth-order valence-corrected chi connectivity index (χ4v) is 5.43. The average Bonchev–Trinajstić information content (AvgIpc) is 3.52. The molecule has 6 nitrogen and oxygen atoms in total. The van der Waals surface area contributed by atoms with Crippen LogP contribution in [0.3, 0.4) is 0 Å². The summed E-state index contributed by atoms with van der Waals surface area (Å²) in [5.41, 5.74) is 2.83. The van der Waals surface area contributed by atoms with E-state index in [1.165, 1.54) is 11.8 Å². The molecule has 4 heterocycles. The van der Waals surface area contributed by atoms with Gasteiger partial charge in [0.15, 0.2) is 0 Å². The summed E-state index contributed by atoms with van der Waals surface area (Å²) in [5.74, 6) is 0.0337. The Morgan fingerprint density at radius 1 is 1.16 bits per heavy atom. The predicted molar refractivity (Wildman–Crippen MR) is 131 cm³/mol. The van der Waals surface area contributed by atoms with Crippen LogP contribution in [0.1, 0.15) is 24.0 Å². The fourth-order valence-electron chi connectivity index (χ4n) is 4.19. The molecule has 2 aliphatic rings. The molecular weight excluding hydrogens is 440 g/mol. The van der Waals surface area contributed by atoms with Gasteiger partial charge in [0.1, 0.15) is 10.9 Å². The minimum absolute atomic E-state index is 0.103. The first-order valence-corrected chi connectivity index (χ1v) is 11.8. The first kappa shape index (κ1) is 20.9. The third kappa shape index (κ3) is 4.08. The van der Waals surface area contributed by atoms with Crippen LogP contribution < -0.4 is 0 Å². The van der Waals surface area contributed by atoms with Crippen molar-refractivity contribution in [1.82, 2.24) is 19.4 Å². The molecule has 0 N–H and O–H groups in total. The zero-order valence-corrected chi connectivity index (χ0v) is 19.1. The standard InChI is InChI=1S/C24H22N4O2S2/c29-22(26-10-3-4-11-26)16-27-15-18(19-7-1-2-8-20(19)27)12-21-23(30)28(24(31)32-21)14-17-6-5-9-25-13-17/h1-2,5-9,12-13,15H,3-4,10-11,14,16H2. The summed E-state index contributed by atoms with van der Waals surface area (Å²) in [4.78, 5) is 34.1. The van der Waals surface area contributed by atoms with Gasteiger partial charge in [0, 0.05) is 48.1 Å². The van der Waals surface area contributed by atoms with E-state index >= 15 is 0 Å². The van der Waals surface area contributed by atoms with Gasteiger partial charge >= 0.3 is 0 Å². The van der Waals surface area contributed by atoms with Crippen LogP contribution in [0.5, 0.6) is 0 Å². The highest BCUT2D eigenvalue weighted by Gasteiger charge is 2.32. The maximum absolute atomic E-state index is 13.1. The molecule has 162 valence electrons. The van der Waals surface area contributed by atoms with E-state index in [4.69, 9.17) is 12.2 Å². The second kappa shape index (κ2) is 8.88. The van der Waals surface area contributed by atoms with E-state index in [2.05, 4.69) is 4.98 Å². The minimum Gasteiger partial charge on any atom is -0.341 e. The monoisotopic (exact) mass is 462 g/mol. The molecule has 2 fully saturated rings. The summed E-state index contributed by atoms with van der Waals surface area (Å²) in [5, 5.41) is 1.01. The molecule has 3 aromatic rings. The summed E-state index contributed by atoms with van der Waals surface area (Å²) in [6.07, 6.45) is 9.45. The fraction of sp³-hybridized carbons (Fsp3) is 0.250. The van der Waals surface area contributed by atoms with E-state index in [0.717, 1.165) is 48.0 Å². The minimum atomic E-state index is -0.103. The molecule has 0 radical (unpaired) electrons. The number of nitrogens with zero attached hydrogens (tertiary/aromatic N) is 4. The molecule has 2 aliphatic heterocycles. The average molecular weight is 463 g/mol. The Hall–Kier alpha value is -2.97. The number of para-hydroxylation sites is 1. The molecule has 0 atom stereocenters. The van der Waals surface area contributed by atoms with Crippen molar-refractivity contribution in [2.45, 2.75) is 25.9 Å². The Morgan fingerprint density at radius 2 is 1.97 bits per heavy atom. The maximum Gasteiger partial charge on any atom is 0.266 e. The number of carbonyl (C=O) groups is 2. The van der Waals surface area contributed by atoms with Gasteiger partial charge in [0.2, 0.25) is 5.91 Å². The van der Waals surface area contributed by atoms with Crippen molar-refractivity contribution < 1.29 is 9.59 Å². The van der Waals surface area contributed by atoms with Gasteiger partial charge in [0.25, 0.3) is 5.91 Å². The Balaban J connectivity index is 1.42. The largest absolute Gasteiger partial charge is 0.341 e. The number of carbonyl (C=O) groups excluding carboxylic acids is 2. The van der Waals surface area contributed by atoms with Crippen LogP contribution >= 0.6 is 24.0 Å². The van der Waals surface area contributed by atoms with E-state index in [1.54, 1.807) is 17.3 Å². The van der Waals surface area contributed by atoms with Crippen molar-refractivity contribution in [2.24, 2.45) is 0 Å². The van der Waals surface area contributed by atoms with Crippen molar-refractivity contribution in [2.75, 3.05) is 13.1 Å². The highest BCUT2D eigenvalue weighted by Crippen LogP contribution is 2.35. The number of hydrogen-bond donors (Lipinski definition) is 0. The van der Waals surface area contributed by atoms with E-state index in [-0.39, 0.29) is 11.8 Å². The molecule has 0 aliphatic carbocycles. The molecule has 0 bridgehead atoms. The topological polar surface area (TPSA) is 58.4 Å². The molecule has 5 rings (SSSR count). The summed E-state index contributed by atoms with van der Waals surface area (Å²) >= 11 is 6.79. The number of likely N-dealkylation sites (tertiary alicyclic amines) is 1. The quantitative estimate of drug-likeness (QED) is 0.423. The molecule has 1 aromatic carbocycles. The van der Waals surface area contributed by atoms with E-state index in [1.807, 2.05) is 58.1 Å². The van der Waals surface area contributed by atoms with Gasteiger partial charge in [-0.1, -0.05) is 48.2 Å². The summed E-state index contributed by atoms with van der Waals surface area (Å²) < 4.78 is 2.52. The normalized spacial score (nSPS) is 17.8. The van der Waals surface area contributed by atoms with Gasteiger partial charge in [-0.05, 0) is 36.6 Å². The molecular formula is C24H22N4O2S2. The smallest absolute Gasteiger partial charge is 0.266 e. The van der Waals surface area contributed by atoms with Crippen LogP contribution in [0.15, 0.2) is 59.9 Å². The van der Waals surface area contributed by atoms with Gasteiger partial charge in [-0.3, -0.25) is 19.5 Å². The lowest BCUT2D eigenvalue weighted by atomic mass is 10.1. The first-order chi connectivity index (χ1) is 15.6. The van der Waals surface area contributed by atoms with Crippen molar-refractivity contribution in [3.05, 3.63) is 71.0 Å². The number of thioether (sulfide) groups is 1. The Bertz CT molecular complexity index is 1230. The van der Waals surface area contributed by atoms with Gasteiger partial charge in [-0.25, -0.2) is 0 Å². The molecule has 32 heavy (non-hydrogen) atoms. The molecule has 0 saturated carbocycles. The summed E-state index contributed by atoms with van der Waals surface area (Å²) in [7, 11) is 0. The summed E-state index contributed by atoms with van der Waals surface area (Å²) in [6, 6.07) is 11.8. The van der Waals surface area contributed by atoms with Crippen LogP contribution in [0.25, 0.3) is 17.0 Å². The molecule has 0 unspecified atom stereocenters. The second-order valence-electron chi connectivity index (χ2n) is 7.95. The van der Waals surface area contributed by atoms with Crippen LogP contribution in [0, 0.1) is 0 Å². The zero-order chi connectivity index (χ0) is 22.1. The molecule has 0 spiro atoms. The second-order valence-corrected chi connectivity index (χ2v) is 9.62. The van der Waals surface area contributed by atoms with E-state index < -0.39 is 0 Å². The Kier molecular flexibility index (Phi) is 5.80. The Morgan fingerprint density at radius 3 is 2.75 bits per heavy atom. The van der Waals surface area contributed by atoms with Gasteiger partial charge in [-0.15, -0.1) is 0 Å². The number of hydrogen-bond acceptors (Lipinski definition) is 5. The lowest BCUT2D eigenvalue weighted by Crippen LogP contribution is -2.30.